The molecule has 1 saturated heterocycles. The highest BCUT2D eigenvalue weighted by molar-refractivity contribution is 6.32. The Morgan fingerprint density at radius 1 is 1.19 bits per heavy atom. The van der Waals surface area contributed by atoms with Gasteiger partial charge in [-0.15, -0.1) is 0 Å². The number of halogens is 1. The van der Waals surface area contributed by atoms with Gasteiger partial charge in [0.1, 0.15) is 0 Å². The van der Waals surface area contributed by atoms with E-state index in [2.05, 4.69) is 4.74 Å². The predicted octanol–water partition coefficient (Wildman–Crippen LogP) is 2.59. The Kier molecular flexibility index (Phi) is 3.06. The van der Waals surface area contributed by atoms with Gasteiger partial charge in [0, 0.05) is 10.6 Å². The van der Waals surface area contributed by atoms with Gasteiger partial charge in [-0.1, -0.05) is 29.8 Å². The Labute approximate surface area is 97.7 Å². The molecule has 3 nitrogen and oxygen atoms in total. The molecular weight excluding hydrogens is 228 g/mol. The molecule has 4 heteroatoms. The van der Waals surface area contributed by atoms with E-state index < -0.39 is 11.9 Å². The first-order chi connectivity index (χ1) is 7.66. The third kappa shape index (κ3) is 2.31. The summed E-state index contributed by atoms with van der Waals surface area (Å²) in [7, 11) is 0. The number of cyclic esters (lactones) is 2. The molecule has 0 amide bonds. The van der Waals surface area contributed by atoms with Crippen LogP contribution in [-0.2, 0) is 14.3 Å². The highest BCUT2D eigenvalue weighted by Crippen LogP contribution is 2.22. The van der Waals surface area contributed by atoms with Crippen molar-refractivity contribution in [3.8, 4) is 0 Å². The van der Waals surface area contributed by atoms with Crippen LogP contribution in [0.3, 0.4) is 0 Å². The van der Waals surface area contributed by atoms with Gasteiger partial charge in [0.2, 0.25) is 0 Å². The van der Waals surface area contributed by atoms with Crippen molar-refractivity contribution in [1.82, 2.24) is 0 Å². The monoisotopic (exact) mass is 236 g/mol. The molecule has 1 aliphatic rings. The summed E-state index contributed by atoms with van der Waals surface area (Å²) in [6, 6.07) is 7.19. The summed E-state index contributed by atoms with van der Waals surface area (Å²) < 4.78 is 4.52. The van der Waals surface area contributed by atoms with Crippen LogP contribution in [0.1, 0.15) is 18.4 Å². The largest absolute Gasteiger partial charge is 0.390 e. The smallest absolute Gasteiger partial charge is 0.341 e. The van der Waals surface area contributed by atoms with Gasteiger partial charge >= 0.3 is 11.9 Å². The number of carbonyl (C=O) groups is 2. The average molecular weight is 237 g/mol. The van der Waals surface area contributed by atoms with Gasteiger partial charge in [-0.05, 0) is 24.1 Å². The van der Waals surface area contributed by atoms with E-state index in [1.54, 1.807) is 18.2 Å². The second-order valence-corrected chi connectivity index (χ2v) is 3.86. The molecule has 0 aromatic heterocycles. The zero-order valence-corrected chi connectivity index (χ0v) is 9.16. The molecule has 82 valence electrons. The van der Waals surface area contributed by atoms with Crippen molar-refractivity contribution in [3.63, 3.8) is 0 Å². The molecule has 0 radical (unpaired) electrons. The van der Waals surface area contributed by atoms with E-state index in [1.165, 1.54) is 0 Å². The molecule has 0 N–H and O–H groups in total. The molecule has 16 heavy (non-hydrogen) atoms. The fraction of sp³-hybridized carbons (Fsp3) is 0.167. The van der Waals surface area contributed by atoms with E-state index in [0.717, 1.165) is 5.56 Å². The lowest BCUT2D eigenvalue weighted by Crippen LogP contribution is -2.20. The Balaban J connectivity index is 2.28. The van der Waals surface area contributed by atoms with Crippen LogP contribution in [0, 0.1) is 0 Å². The zero-order chi connectivity index (χ0) is 11.5. The van der Waals surface area contributed by atoms with Crippen LogP contribution < -0.4 is 0 Å². The van der Waals surface area contributed by atoms with Gasteiger partial charge in [-0.3, -0.25) is 4.79 Å². The SMILES string of the molecule is O=C1CC/C(=C\c2ccccc2Cl)C(=O)O1. The minimum Gasteiger partial charge on any atom is -0.390 e. The highest BCUT2D eigenvalue weighted by Gasteiger charge is 2.22. The lowest BCUT2D eigenvalue weighted by Gasteiger charge is -2.12. The molecule has 1 fully saturated rings. The molecule has 1 aliphatic heterocycles. The number of ether oxygens (including phenoxy) is 1. The molecule has 0 saturated carbocycles. The number of carbonyl (C=O) groups excluding carboxylic acids is 2. The van der Waals surface area contributed by atoms with Crippen LogP contribution in [0.4, 0.5) is 0 Å². The standard InChI is InChI=1S/C12H9ClO3/c13-10-4-2-1-3-8(10)7-9-5-6-11(14)16-12(9)15/h1-4,7H,5-6H2/b9-7+. The minimum atomic E-state index is -0.573. The van der Waals surface area contributed by atoms with Gasteiger partial charge in [0.05, 0.1) is 6.42 Å². The normalized spacial score (nSPS) is 18.7. The quantitative estimate of drug-likeness (QED) is 0.428. The van der Waals surface area contributed by atoms with Gasteiger partial charge in [0.15, 0.2) is 0 Å². The predicted molar refractivity (Wildman–Crippen MR) is 59.8 cm³/mol. The second kappa shape index (κ2) is 4.49. The first-order valence-corrected chi connectivity index (χ1v) is 5.25. The Morgan fingerprint density at radius 3 is 2.62 bits per heavy atom. The van der Waals surface area contributed by atoms with Crippen LogP contribution in [0.15, 0.2) is 29.8 Å². The number of esters is 2. The Bertz CT molecular complexity index is 477. The molecule has 2 rings (SSSR count). The number of benzene rings is 1. The maximum absolute atomic E-state index is 11.4. The molecule has 0 spiro atoms. The summed E-state index contributed by atoms with van der Waals surface area (Å²) in [4.78, 5) is 22.2. The summed E-state index contributed by atoms with van der Waals surface area (Å²) in [6.07, 6.45) is 2.31. The molecule has 0 atom stereocenters. The highest BCUT2D eigenvalue weighted by atomic mass is 35.5. The fourth-order valence-electron chi connectivity index (χ4n) is 1.47. The van der Waals surface area contributed by atoms with Gasteiger partial charge in [-0.2, -0.15) is 0 Å². The Hall–Kier alpha value is -1.61. The lowest BCUT2D eigenvalue weighted by molar-refractivity contribution is -0.159. The van der Waals surface area contributed by atoms with Crippen LogP contribution >= 0.6 is 11.6 Å². The van der Waals surface area contributed by atoms with Gasteiger partial charge in [0.25, 0.3) is 0 Å². The van der Waals surface area contributed by atoms with E-state index in [-0.39, 0.29) is 6.42 Å². The zero-order valence-electron chi connectivity index (χ0n) is 8.40. The average Bonchev–Trinajstić information content (AvgIpc) is 2.25. The van der Waals surface area contributed by atoms with Crippen LogP contribution in [-0.4, -0.2) is 11.9 Å². The summed E-state index contributed by atoms with van der Waals surface area (Å²) >= 11 is 5.96. The third-order valence-corrected chi connectivity index (χ3v) is 2.65. The number of hydrogen-bond acceptors (Lipinski definition) is 3. The molecular formula is C12H9ClO3. The summed E-state index contributed by atoms with van der Waals surface area (Å²) in [5.41, 5.74) is 1.23. The Morgan fingerprint density at radius 2 is 1.94 bits per heavy atom. The van der Waals surface area contributed by atoms with Crippen molar-refractivity contribution >= 4 is 29.6 Å². The van der Waals surface area contributed by atoms with Crippen LogP contribution in [0.2, 0.25) is 5.02 Å². The molecule has 0 aliphatic carbocycles. The molecule has 0 unspecified atom stereocenters. The fourth-order valence-corrected chi connectivity index (χ4v) is 1.66. The van der Waals surface area contributed by atoms with Crippen molar-refractivity contribution in [1.29, 1.82) is 0 Å². The van der Waals surface area contributed by atoms with E-state index in [9.17, 15) is 9.59 Å². The van der Waals surface area contributed by atoms with Gasteiger partial charge < -0.3 is 4.74 Å². The van der Waals surface area contributed by atoms with Crippen molar-refractivity contribution < 1.29 is 14.3 Å². The summed E-state index contributed by atoms with van der Waals surface area (Å²) in [5, 5.41) is 0.569. The molecule has 1 aromatic carbocycles. The first-order valence-electron chi connectivity index (χ1n) is 4.87. The van der Waals surface area contributed by atoms with E-state index >= 15 is 0 Å². The molecule has 1 aromatic rings. The molecule has 1 heterocycles. The van der Waals surface area contributed by atoms with Crippen molar-refractivity contribution in [2.45, 2.75) is 12.8 Å². The second-order valence-electron chi connectivity index (χ2n) is 3.45. The minimum absolute atomic E-state index is 0.238. The first kappa shape index (κ1) is 10.9. The van der Waals surface area contributed by atoms with Crippen molar-refractivity contribution in [2.75, 3.05) is 0 Å². The summed E-state index contributed by atoms with van der Waals surface area (Å²) in [5.74, 6) is -1.04. The topological polar surface area (TPSA) is 43.4 Å². The van der Waals surface area contributed by atoms with E-state index in [0.29, 0.717) is 17.0 Å². The van der Waals surface area contributed by atoms with E-state index in [1.807, 2.05) is 12.1 Å². The third-order valence-electron chi connectivity index (χ3n) is 2.30. The summed E-state index contributed by atoms with van der Waals surface area (Å²) in [6.45, 7) is 0. The van der Waals surface area contributed by atoms with Crippen LogP contribution in [0.5, 0.6) is 0 Å². The maximum atomic E-state index is 11.4. The van der Waals surface area contributed by atoms with Crippen molar-refractivity contribution in [2.24, 2.45) is 0 Å². The van der Waals surface area contributed by atoms with Crippen LogP contribution in [0.25, 0.3) is 6.08 Å². The number of hydrogen-bond donors (Lipinski definition) is 0. The van der Waals surface area contributed by atoms with Crippen molar-refractivity contribution in [3.05, 3.63) is 40.4 Å². The van der Waals surface area contributed by atoms with Gasteiger partial charge in [-0.25, -0.2) is 4.79 Å². The number of rotatable bonds is 1. The lowest BCUT2D eigenvalue weighted by atomic mass is 10.0. The van der Waals surface area contributed by atoms with E-state index in [4.69, 9.17) is 11.6 Å². The maximum Gasteiger partial charge on any atom is 0.341 e. The molecule has 0 bridgehead atoms.